The summed E-state index contributed by atoms with van der Waals surface area (Å²) in [7, 11) is -4.27. The van der Waals surface area contributed by atoms with Crippen LogP contribution >= 0.6 is 11.3 Å². The van der Waals surface area contributed by atoms with Crippen LogP contribution in [0.1, 0.15) is 17.5 Å². The number of thiazole rings is 1. The number of aromatic nitrogens is 1. The molecule has 0 N–H and O–H groups in total. The number of fused-ring (bicyclic) bond motifs is 1. The third kappa shape index (κ3) is 5.09. The molecule has 0 atom stereocenters. The van der Waals surface area contributed by atoms with Crippen molar-refractivity contribution < 1.29 is 17.5 Å². The zero-order valence-electron chi connectivity index (χ0n) is 16.6. The van der Waals surface area contributed by atoms with Gasteiger partial charge in [-0.25, -0.2) is 8.42 Å². The quantitative estimate of drug-likeness (QED) is 0.340. The van der Waals surface area contributed by atoms with Crippen molar-refractivity contribution in [1.29, 1.82) is 0 Å². The first kappa shape index (κ1) is 21.2. The van der Waals surface area contributed by atoms with E-state index in [1.54, 1.807) is 12.1 Å². The highest BCUT2D eigenvalue weighted by Gasteiger charge is 2.15. The van der Waals surface area contributed by atoms with Gasteiger partial charge in [0.05, 0.1) is 4.90 Å². The summed E-state index contributed by atoms with van der Waals surface area (Å²) >= 11 is 1.88. The van der Waals surface area contributed by atoms with Crippen LogP contribution in [-0.2, 0) is 16.7 Å². The molecule has 0 bridgehead atoms. The minimum atomic E-state index is -4.27. The van der Waals surface area contributed by atoms with Crippen LogP contribution in [0.2, 0.25) is 0 Å². The molecule has 0 fully saturated rings. The molecule has 0 aliphatic carbocycles. The maximum Gasteiger partial charge on any atom is 0.235 e. The van der Waals surface area contributed by atoms with Crippen molar-refractivity contribution in [3.8, 4) is 11.1 Å². The van der Waals surface area contributed by atoms with E-state index in [9.17, 15) is 13.0 Å². The van der Waals surface area contributed by atoms with Crippen LogP contribution in [0.3, 0.4) is 0 Å². The molecule has 0 radical (unpaired) electrons. The van der Waals surface area contributed by atoms with E-state index in [-0.39, 0.29) is 4.90 Å². The van der Waals surface area contributed by atoms with Gasteiger partial charge in [0.25, 0.3) is 0 Å². The number of benzene rings is 3. The van der Waals surface area contributed by atoms with Crippen LogP contribution in [0.25, 0.3) is 21.3 Å². The lowest BCUT2D eigenvalue weighted by molar-refractivity contribution is -0.669. The molecule has 4 rings (SSSR count). The van der Waals surface area contributed by atoms with Crippen LogP contribution in [-0.4, -0.2) is 13.0 Å². The van der Waals surface area contributed by atoms with Crippen LogP contribution in [0.5, 0.6) is 0 Å². The van der Waals surface area contributed by atoms with Crippen LogP contribution in [0.4, 0.5) is 0 Å². The third-order valence-corrected chi connectivity index (χ3v) is 6.53. The van der Waals surface area contributed by atoms with Gasteiger partial charge in [-0.15, -0.1) is 0 Å². The molecule has 3 aromatic carbocycles. The average Bonchev–Trinajstić information content (AvgIpc) is 3.03. The molecular weight excluding hydrogens is 402 g/mol. The van der Waals surface area contributed by atoms with Gasteiger partial charge in [-0.1, -0.05) is 59.4 Å². The van der Waals surface area contributed by atoms with Gasteiger partial charge in [0.2, 0.25) is 10.5 Å². The number of hydrogen-bond acceptors (Lipinski definition) is 4. The smallest absolute Gasteiger partial charge is 0.235 e. The first-order valence-electron chi connectivity index (χ1n) is 9.30. The molecule has 0 aliphatic heterocycles. The van der Waals surface area contributed by atoms with Crippen molar-refractivity contribution >= 4 is 31.7 Å². The molecule has 0 spiro atoms. The van der Waals surface area contributed by atoms with Crippen molar-refractivity contribution in [2.45, 2.75) is 32.2 Å². The van der Waals surface area contributed by atoms with Gasteiger partial charge in [0.1, 0.15) is 21.4 Å². The standard InChI is InChI=1S/C16H16NS.C7H8O3S/c1-3-17-12(2)18-16-11-14(9-10-15(16)17)13-7-5-4-6-8-13;1-6-2-4-7(5-3-6)11(8,9)10/h4-11H,3H2,1-2H3;2-5H,1H3,(H,8,9,10)/q+1;/p-1. The highest BCUT2D eigenvalue weighted by Crippen LogP contribution is 2.27. The van der Waals surface area contributed by atoms with Crippen molar-refractivity contribution in [2.75, 3.05) is 0 Å². The van der Waals surface area contributed by atoms with E-state index < -0.39 is 10.1 Å². The minimum Gasteiger partial charge on any atom is -0.744 e. The summed E-state index contributed by atoms with van der Waals surface area (Å²) in [5.41, 5.74) is 4.86. The lowest BCUT2D eigenvalue weighted by Crippen LogP contribution is -2.33. The van der Waals surface area contributed by atoms with Gasteiger partial charge in [-0.2, -0.15) is 4.57 Å². The molecule has 1 heterocycles. The predicted octanol–water partition coefficient (Wildman–Crippen LogP) is 5.08. The molecule has 4 nitrogen and oxygen atoms in total. The summed E-state index contributed by atoms with van der Waals surface area (Å²) in [6, 6.07) is 23.1. The first-order valence-corrected chi connectivity index (χ1v) is 11.5. The van der Waals surface area contributed by atoms with Crippen LogP contribution in [0, 0.1) is 13.8 Å². The zero-order chi connectivity index (χ0) is 21.0. The van der Waals surface area contributed by atoms with E-state index in [1.807, 2.05) is 18.3 Å². The molecule has 0 saturated carbocycles. The van der Waals surface area contributed by atoms with E-state index in [2.05, 4.69) is 66.9 Å². The van der Waals surface area contributed by atoms with Gasteiger partial charge >= 0.3 is 0 Å². The number of aryl methyl sites for hydroxylation is 3. The van der Waals surface area contributed by atoms with Gasteiger partial charge in [0, 0.05) is 13.0 Å². The topological polar surface area (TPSA) is 61.1 Å². The van der Waals surface area contributed by atoms with Crippen molar-refractivity contribution in [3.63, 3.8) is 0 Å². The molecule has 0 unspecified atom stereocenters. The van der Waals surface area contributed by atoms with E-state index in [4.69, 9.17) is 0 Å². The summed E-state index contributed by atoms with van der Waals surface area (Å²) in [4.78, 5) is -0.178. The lowest BCUT2D eigenvalue weighted by atomic mass is 10.1. The van der Waals surface area contributed by atoms with E-state index >= 15 is 0 Å². The van der Waals surface area contributed by atoms with Gasteiger partial charge < -0.3 is 4.55 Å². The van der Waals surface area contributed by atoms with Crippen LogP contribution in [0.15, 0.2) is 77.7 Å². The fourth-order valence-electron chi connectivity index (χ4n) is 3.11. The summed E-state index contributed by atoms with van der Waals surface area (Å²) in [6.07, 6.45) is 0. The van der Waals surface area contributed by atoms with Gasteiger partial charge in [0.15, 0.2) is 0 Å². The Kier molecular flexibility index (Phi) is 6.47. The maximum absolute atomic E-state index is 10.4. The molecule has 150 valence electrons. The Hall–Kier alpha value is -2.54. The number of hydrogen-bond donors (Lipinski definition) is 0. The Bertz CT molecular complexity index is 1210. The molecule has 29 heavy (non-hydrogen) atoms. The zero-order valence-corrected chi connectivity index (χ0v) is 18.3. The van der Waals surface area contributed by atoms with Crippen LogP contribution < -0.4 is 4.57 Å². The molecular formula is C23H23NO3S2. The maximum atomic E-state index is 10.4. The number of rotatable bonds is 3. The second-order valence-electron chi connectivity index (χ2n) is 6.68. The summed E-state index contributed by atoms with van der Waals surface area (Å²) in [5, 5.41) is 1.37. The highest BCUT2D eigenvalue weighted by atomic mass is 32.2. The Balaban J connectivity index is 0.000000188. The van der Waals surface area contributed by atoms with E-state index in [1.165, 1.54) is 38.5 Å². The molecule has 1 aromatic heterocycles. The Morgan fingerprint density at radius 3 is 2.14 bits per heavy atom. The fraction of sp³-hybridized carbons (Fsp3) is 0.174. The Labute approximate surface area is 175 Å². The largest absolute Gasteiger partial charge is 0.744 e. The molecule has 0 saturated heterocycles. The number of nitrogens with zero attached hydrogens (tertiary/aromatic N) is 1. The van der Waals surface area contributed by atoms with Gasteiger partial charge in [-0.05, 0) is 49.2 Å². The normalized spacial score (nSPS) is 11.2. The molecule has 4 aromatic rings. The van der Waals surface area contributed by atoms with Gasteiger partial charge in [-0.3, -0.25) is 0 Å². The second kappa shape index (κ2) is 8.86. The Morgan fingerprint density at radius 1 is 0.897 bits per heavy atom. The summed E-state index contributed by atoms with van der Waals surface area (Å²) in [5.74, 6) is 0. The average molecular weight is 426 g/mol. The van der Waals surface area contributed by atoms with Crippen molar-refractivity contribution in [1.82, 2.24) is 0 Å². The Morgan fingerprint density at radius 2 is 1.55 bits per heavy atom. The fourth-order valence-corrected chi connectivity index (χ4v) is 4.70. The third-order valence-electron chi connectivity index (χ3n) is 4.62. The highest BCUT2D eigenvalue weighted by molar-refractivity contribution is 7.85. The molecule has 0 aliphatic rings. The van der Waals surface area contributed by atoms with Crippen molar-refractivity contribution in [2.24, 2.45) is 0 Å². The predicted molar refractivity (Wildman–Crippen MR) is 117 cm³/mol. The molecule has 6 heteroatoms. The van der Waals surface area contributed by atoms with Crippen molar-refractivity contribution in [3.05, 3.63) is 83.4 Å². The minimum absolute atomic E-state index is 0.178. The SMILES string of the molecule is CC[n+]1c(C)sc2cc(-c3ccccc3)ccc21.Cc1ccc(S(=O)(=O)[O-])cc1. The van der Waals surface area contributed by atoms with E-state index in [0.717, 1.165) is 12.1 Å². The summed E-state index contributed by atoms with van der Waals surface area (Å²) in [6.45, 7) is 7.25. The molecule has 0 amide bonds. The lowest BCUT2D eigenvalue weighted by Gasteiger charge is -2.05. The first-order chi connectivity index (χ1) is 13.8. The second-order valence-corrected chi connectivity index (χ2v) is 9.30. The summed E-state index contributed by atoms with van der Waals surface area (Å²) < 4.78 is 34.9. The monoisotopic (exact) mass is 425 g/mol. The van der Waals surface area contributed by atoms with E-state index in [0.29, 0.717) is 0 Å².